The van der Waals surface area contributed by atoms with Gasteiger partial charge in [0.2, 0.25) is 0 Å². The number of fused-ring (bicyclic) bond motifs is 1. The fourth-order valence-electron chi connectivity index (χ4n) is 3.60. The quantitative estimate of drug-likeness (QED) is 0.318. The molecule has 182 valence electrons. The second-order valence-corrected chi connectivity index (χ2v) is 7.55. The zero-order valence-electron chi connectivity index (χ0n) is 18.9. The molecule has 0 bridgehead atoms. The molecular weight excluding hydrogens is 495 g/mol. The van der Waals surface area contributed by atoms with Crippen LogP contribution in [0.4, 0.5) is 0 Å². The van der Waals surface area contributed by atoms with Gasteiger partial charge in [0.15, 0.2) is 0 Å². The maximum atomic E-state index is 11.8. The minimum absolute atomic E-state index is 0. The molecule has 0 aliphatic carbocycles. The largest absolute Gasteiger partial charge is 0.492 e. The molecule has 6 nitrogen and oxygen atoms in total. The number of pyridine rings is 3. The van der Waals surface area contributed by atoms with Crippen molar-refractivity contribution in [1.29, 1.82) is 0 Å². The Hall–Kier alpha value is -2.64. The van der Waals surface area contributed by atoms with Gasteiger partial charge in [0.1, 0.15) is 12.4 Å². The van der Waals surface area contributed by atoms with Crippen LogP contribution >= 0.6 is 37.2 Å². The molecule has 0 radical (unpaired) electrons. The Morgan fingerprint density at radius 3 is 2.26 bits per heavy atom. The summed E-state index contributed by atoms with van der Waals surface area (Å²) in [6.45, 7) is 3.09. The molecule has 34 heavy (non-hydrogen) atoms. The van der Waals surface area contributed by atoms with E-state index in [4.69, 9.17) is 4.74 Å². The molecule has 0 saturated carbocycles. The first-order valence-electron chi connectivity index (χ1n) is 10.4. The topological polar surface area (TPSA) is 60.2 Å². The fourth-order valence-corrected chi connectivity index (χ4v) is 3.60. The van der Waals surface area contributed by atoms with Crippen molar-refractivity contribution in [2.24, 2.45) is 7.05 Å². The Kier molecular flexibility index (Phi) is 12.6. The van der Waals surface area contributed by atoms with E-state index in [1.54, 1.807) is 30.1 Å². The van der Waals surface area contributed by atoms with Crippen LogP contribution in [0.25, 0.3) is 10.9 Å². The number of rotatable bonds is 9. The van der Waals surface area contributed by atoms with Gasteiger partial charge in [0.05, 0.1) is 5.52 Å². The molecule has 1 aromatic carbocycles. The number of benzene rings is 1. The highest BCUT2D eigenvalue weighted by molar-refractivity contribution is 5.86. The lowest BCUT2D eigenvalue weighted by molar-refractivity contribution is 0.204. The average Bonchev–Trinajstić information content (AvgIpc) is 2.81. The number of halogens is 3. The van der Waals surface area contributed by atoms with Crippen LogP contribution in [0.3, 0.4) is 0 Å². The Morgan fingerprint density at radius 2 is 1.59 bits per heavy atom. The number of ether oxygens (including phenoxy) is 1. The first-order valence-corrected chi connectivity index (χ1v) is 10.4. The van der Waals surface area contributed by atoms with E-state index in [0.717, 1.165) is 42.7 Å². The van der Waals surface area contributed by atoms with E-state index in [1.807, 2.05) is 48.8 Å². The predicted molar refractivity (Wildman–Crippen MR) is 144 cm³/mol. The lowest BCUT2D eigenvalue weighted by Gasteiger charge is -2.22. The summed E-state index contributed by atoms with van der Waals surface area (Å²) in [6.07, 6.45) is 8.35. The third-order valence-corrected chi connectivity index (χ3v) is 5.34. The van der Waals surface area contributed by atoms with E-state index in [-0.39, 0.29) is 42.8 Å². The van der Waals surface area contributed by atoms with Gasteiger partial charge in [0.25, 0.3) is 5.56 Å². The Labute approximate surface area is 218 Å². The summed E-state index contributed by atoms with van der Waals surface area (Å²) in [5.74, 6) is 0.805. The molecule has 9 heteroatoms. The maximum Gasteiger partial charge on any atom is 0.250 e. The normalized spacial score (nSPS) is 10.2. The molecule has 4 rings (SSSR count). The molecule has 4 aromatic rings. The van der Waals surface area contributed by atoms with Gasteiger partial charge in [-0.25, -0.2) is 0 Å². The molecule has 0 saturated heterocycles. The van der Waals surface area contributed by atoms with Crippen LogP contribution in [-0.2, 0) is 20.0 Å². The zero-order chi connectivity index (χ0) is 21.5. The highest BCUT2D eigenvalue weighted by Gasteiger charge is 2.08. The number of nitrogens with zero attached hydrogens (tertiary/aromatic N) is 4. The van der Waals surface area contributed by atoms with Crippen LogP contribution in [0.15, 0.2) is 84.2 Å². The smallest absolute Gasteiger partial charge is 0.250 e. The number of hydrogen-bond acceptors (Lipinski definition) is 5. The predicted octanol–water partition coefficient (Wildman–Crippen LogP) is 4.72. The van der Waals surface area contributed by atoms with Crippen LogP contribution in [-0.4, -0.2) is 39.1 Å². The summed E-state index contributed by atoms with van der Waals surface area (Å²) in [4.78, 5) is 22.6. The van der Waals surface area contributed by atoms with Gasteiger partial charge in [-0.15, -0.1) is 37.2 Å². The molecule has 0 N–H and O–H groups in total. The van der Waals surface area contributed by atoms with Gasteiger partial charge in [-0.2, -0.15) is 0 Å². The SMILES string of the molecule is Cl.Cl.Cl.Cn1c(=O)ccc2cc(OCCN(CCc3cccnc3)Cc3cccnc3)ccc21. The summed E-state index contributed by atoms with van der Waals surface area (Å²) in [6, 6.07) is 17.4. The lowest BCUT2D eigenvalue weighted by atomic mass is 10.2. The first-order chi connectivity index (χ1) is 15.2. The maximum absolute atomic E-state index is 11.8. The van der Waals surface area contributed by atoms with Gasteiger partial charge in [-0.3, -0.25) is 19.7 Å². The van der Waals surface area contributed by atoms with Crippen molar-refractivity contribution in [2.75, 3.05) is 19.7 Å². The van der Waals surface area contributed by atoms with Crippen LogP contribution in [0, 0.1) is 0 Å². The fraction of sp³-hybridized carbons (Fsp3) is 0.240. The monoisotopic (exact) mass is 522 g/mol. The van der Waals surface area contributed by atoms with Gasteiger partial charge in [-0.05, 0) is 53.9 Å². The Bertz CT molecular complexity index is 1190. The molecule has 3 heterocycles. The van der Waals surface area contributed by atoms with Crippen LogP contribution < -0.4 is 10.3 Å². The van der Waals surface area contributed by atoms with E-state index in [1.165, 1.54) is 11.1 Å². The van der Waals surface area contributed by atoms with Crippen LogP contribution in [0.2, 0.25) is 0 Å². The summed E-state index contributed by atoms with van der Waals surface area (Å²) in [5, 5.41) is 0.989. The van der Waals surface area contributed by atoms with E-state index >= 15 is 0 Å². The summed E-state index contributed by atoms with van der Waals surface area (Å²) in [7, 11) is 1.78. The van der Waals surface area contributed by atoms with Crippen molar-refractivity contribution < 1.29 is 4.74 Å². The van der Waals surface area contributed by atoms with E-state index in [9.17, 15) is 4.79 Å². The number of aryl methyl sites for hydroxylation is 1. The average molecular weight is 524 g/mol. The minimum Gasteiger partial charge on any atom is -0.492 e. The van der Waals surface area contributed by atoms with Gasteiger partial charge < -0.3 is 9.30 Å². The third kappa shape index (κ3) is 7.99. The summed E-state index contributed by atoms with van der Waals surface area (Å²) >= 11 is 0. The molecule has 0 fully saturated rings. The highest BCUT2D eigenvalue weighted by Crippen LogP contribution is 2.19. The van der Waals surface area contributed by atoms with Crippen molar-refractivity contribution >= 4 is 48.1 Å². The van der Waals surface area contributed by atoms with Crippen LogP contribution in [0.5, 0.6) is 5.75 Å². The highest BCUT2D eigenvalue weighted by atomic mass is 35.5. The third-order valence-electron chi connectivity index (χ3n) is 5.34. The van der Waals surface area contributed by atoms with Crippen molar-refractivity contribution in [3.8, 4) is 5.75 Å². The van der Waals surface area contributed by atoms with E-state index in [0.29, 0.717) is 6.61 Å². The van der Waals surface area contributed by atoms with Gasteiger partial charge >= 0.3 is 0 Å². The molecule has 0 aliphatic rings. The van der Waals surface area contributed by atoms with E-state index < -0.39 is 0 Å². The Balaban J connectivity index is 0.00000193. The molecule has 0 spiro atoms. The minimum atomic E-state index is -0.0131. The summed E-state index contributed by atoms with van der Waals surface area (Å²) in [5.41, 5.74) is 3.29. The van der Waals surface area contributed by atoms with E-state index in [2.05, 4.69) is 27.0 Å². The number of hydrogen-bond donors (Lipinski definition) is 0. The van der Waals surface area contributed by atoms with Gasteiger partial charge in [-0.1, -0.05) is 12.1 Å². The second-order valence-electron chi connectivity index (χ2n) is 7.55. The Morgan fingerprint density at radius 1 is 0.882 bits per heavy atom. The lowest BCUT2D eigenvalue weighted by Crippen LogP contribution is -2.30. The standard InChI is InChI=1S/C25H26N4O2.3ClH/c1-28-24-8-7-23(16-22(24)6-9-25(28)30)31-15-14-29(19-21-5-3-12-27-18-21)13-10-20-4-2-11-26-17-20;;;/h2-9,11-12,16-18H,10,13-15,19H2,1H3;3*1H. The first kappa shape index (κ1) is 29.4. The second kappa shape index (κ2) is 14.6. The molecule has 0 unspecified atom stereocenters. The van der Waals surface area contributed by atoms with Gasteiger partial charge in [0, 0.05) is 62.9 Å². The molecule has 0 atom stereocenters. The molecule has 0 aliphatic heterocycles. The molecule has 0 amide bonds. The molecule has 3 aromatic heterocycles. The zero-order valence-corrected chi connectivity index (χ0v) is 21.3. The van der Waals surface area contributed by atoms with Crippen molar-refractivity contribution in [3.05, 3.63) is 101 Å². The molecular formula is C25H29Cl3N4O2. The van der Waals surface area contributed by atoms with Crippen LogP contribution in [0.1, 0.15) is 11.1 Å². The summed E-state index contributed by atoms with van der Waals surface area (Å²) < 4.78 is 7.69. The van der Waals surface area contributed by atoms with Crippen molar-refractivity contribution in [1.82, 2.24) is 19.4 Å². The number of aromatic nitrogens is 3. The van der Waals surface area contributed by atoms with Crippen molar-refractivity contribution in [3.63, 3.8) is 0 Å². The van der Waals surface area contributed by atoms with Crippen molar-refractivity contribution in [2.45, 2.75) is 13.0 Å².